The van der Waals surface area contributed by atoms with Gasteiger partial charge in [-0.25, -0.2) is 4.98 Å². The predicted molar refractivity (Wildman–Crippen MR) is 76.8 cm³/mol. The molecule has 0 aromatic carbocycles. The molecule has 0 radical (unpaired) electrons. The summed E-state index contributed by atoms with van der Waals surface area (Å²) >= 11 is 1.80. The third-order valence-electron chi connectivity index (χ3n) is 3.40. The van der Waals surface area contributed by atoms with E-state index in [0.29, 0.717) is 0 Å². The lowest BCUT2D eigenvalue weighted by atomic mass is 9.91. The average Bonchev–Trinajstić information content (AvgIpc) is 2.75. The fourth-order valence-corrected chi connectivity index (χ4v) is 3.42. The second-order valence-corrected chi connectivity index (χ2v) is 6.47. The van der Waals surface area contributed by atoms with Crippen LogP contribution in [-0.2, 0) is 11.0 Å². The molecule has 1 heterocycles. The lowest BCUT2D eigenvalue weighted by Gasteiger charge is -2.30. The van der Waals surface area contributed by atoms with Crippen LogP contribution in [-0.4, -0.2) is 11.5 Å². The van der Waals surface area contributed by atoms with Crippen LogP contribution in [0.15, 0.2) is 5.38 Å². The first-order valence-electron chi connectivity index (χ1n) is 6.61. The zero-order valence-electron chi connectivity index (χ0n) is 12.1. The van der Waals surface area contributed by atoms with Gasteiger partial charge >= 0.3 is 0 Å². The molecule has 2 nitrogen and oxygen atoms in total. The number of nitrogens with one attached hydrogen (secondary N) is 1. The molecule has 0 amide bonds. The third kappa shape index (κ3) is 3.08. The minimum atomic E-state index is 0.0723. The maximum absolute atomic E-state index is 4.87. The molecule has 1 aromatic heterocycles. The van der Waals surface area contributed by atoms with Crippen LogP contribution in [0.2, 0.25) is 0 Å². The number of nitrogens with zero attached hydrogens (tertiary/aromatic N) is 1. The van der Waals surface area contributed by atoms with Gasteiger partial charge in [-0.2, -0.15) is 0 Å². The molecule has 0 unspecified atom stereocenters. The van der Waals surface area contributed by atoms with Crippen molar-refractivity contribution in [3.63, 3.8) is 0 Å². The Morgan fingerprint density at radius 3 is 2.12 bits per heavy atom. The van der Waals surface area contributed by atoms with Gasteiger partial charge in [0.2, 0.25) is 0 Å². The topological polar surface area (TPSA) is 24.9 Å². The van der Waals surface area contributed by atoms with Crippen LogP contribution in [0.4, 0.5) is 0 Å². The quantitative estimate of drug-likeness (QED) is 0.857. The monoisotopic (exact) mass is 254 g/mol. The summed E-state index contributed by atoms with van der Waals surface area (Å²) < 4.78 is 0. The van der Waals surface area contributed by atoms with Crippen molar-refractivity contribution in [1.82, 2.24) is 10.3 Å². The van der Waals surface area contributed by atoms with Gasteiger partial charge in [-0.05, 0) is 19.4 Å². The van der Waals surface area contributed by atoms with Gasteiger partial charge < -0.3 is 5.32 Å². The standard InChI is InChI=1S/C14H26N2S/c1-7-14(8-2,15-9-3)12-16-11(10-17-12)13(4,5)6/h10,15H,7-9H2,1-6H3. The van der Waals surface area contributed by atoms with E-state index in [1.54, 1.807) is 11.3 Å². The Morgan fingerprint density at radius 1 is 1.18 bits per heavy atom. The van der Waals surface area contributed by atoms with E-state index in [2.05, 4.69) is 52.2 Å². The molecule has 1 N–H and O–H groups in total. The number of hydrogen-bond acceptors (Lipinski definition) is 3. The first kappa shape index (κ1) is 14.7. The lowest BCUT2D eigenvalue weighted by Crippen LogP contribution is -2.41. The van der Waals surface area contributed by atoms with Gasteiger partial charge in [0.25, 0.3) is 0 Å². The number of hydrogen-bond donors (Lipinski definition) is 1. The summed E-state index contributed by atoms with van der Waals surface area (Å²) in [5.74, 6) is 0. The van der Waals surface area contributed by atoms with Gasteiger partial charge in [0.15, 0.2) is 0 Å². The molecular formula is C14H26N2S. The smallest absolute Gasteiger partial charge is 0.113 e. The molecule has 3 heteroatoms. The normalized spacial score (nSPS) is 13.1. The van der Waals surface area contributed by atoms with Crippen LogP contribution in [0.3, 0.4) is 0 Å². The maximum atomic E-state index is 4.87. The second kappa shape index (κ2) is 5.49. The van der Waals surface area contributed by atoms with Gasteiger partial charge in [-0.3, -0.25) is 0 Å². The zero-order valence-corrected chi connectivity index (χ0v) is 12.9. The fraction of sp³-hybridized carbons (Fsp3) is 0.786. The Kier molecular flexibility index (Phi) is 4.73. The molecule has 0 bridgehead atoms. The van der Waals surface area contributed by atoms with Crippen molar-refractivity contribution in [3.8, 4) is 0 Å². The van der Waals surface area contributed by atoms with E-state index in [-0.39, 0.29) is 11.0 Å². The van der Waals surface area contributed by atoms with Crippen LogP contribution < -0.4 is 5.32 Å². The number of rotatable bonds is 5. The predicted octanol–water partition coefficient (Wildman–Crippen LogP) is 4.07. The molecule has 17 heavy (non-hydrogen) atoms. The van der Waals surface area contributed by atoms with E-state index in [9.17, 15) is 0 Å². The van der Waals surface area contributed by atoms with Crippen LogP contribution >= 0.6 is 11.3 Å². The molecule has 0 aliphatic carbocycles. The molecule has 0 fully saturated rings. The highest BCUT2D eigenvalue weighted by atomic mass is 32.1. The Bertz CT molecular complexity index is 345. The lowest BCUT2D eigenvalue weighted by molar-refractivity contribution is 0.313. The highest BCUT2D eigenvalue weighted by Gasteiger charge is 2.31. The van der Waals surface area contributed by atoms with Crippen molar-refractivity contribution in [3.05, 3.63) is 16.1 Å². The van der Waals surface area contributed by atoms with Gasteiger partial charge in [0.05, 0.1) is 11.2 Å². The van der Waals surface area contributed by atoms with Gasteiger partial charge in [0, 0.05) is 10.8 Å². The van der Waals surface area contributed by atoms with E-state index in [1.165, 1.54) is 10.7 Å². The Hall–Kier alpha value is -0.410. The van der Waals surface area contributed by atoms with Gasteiger partial charge in [-0.1, -0.05) is 41.5 Å². The average molecular weight is 254 g/mol. The molecule has 0 atom stereocenters. The molecule has 0 aliphatic rings. The van der Waals surface area contributed by atoms with E-state index < -0.39 is 0 Å². The zero-order chi connectivity index (χ0) is 13.1. The Balaban J connectivity index is 3.08. The molecule has 1 aromatic rings. The summed E-state index contributed by atoms with van der Waals surface area (Å²) in [4.78, 5) is 4.87. The van der Waals surface area contributed by atoms with Crippen molar-refractivity contribution in [1.29, 1.82) is 0 Å². The highest BCUT2D eigenvalue weighted by molar-refractivity contribution is 7.09. The largest absolute Gasteiger partial charge is 0.306 e. The molecule has 1 rings (SSSR count). The summed E-state index contributed by atoms with van der Waals surface area (Å²) in [6.07, 6.45) is 2.18. The van der Waals surface area contributed by atoms with Crippen molar-refractivity contribution in [2.45, 2.75) is 65.3 Å². The summed E-state index contributed by atoms with van der Waals surface area (Å²) in [5.41, 5.74) is 1.43. The summed E-state index contributed by atoms with van der Waals surface area (Å²) in [5, 5.41) is 7.08. The van der Waals surface area contributed by atoms with Crippen molar-refractivity contribution in [2.24, 2.45) is 0 Å². The maximum Gasteiger partial charge on any atom is 0.113 e. The van der Waals surface area contributed by atoms with E-state index in [0.717, 1.165) is 19.4 Å². The van der Waals surface area contributed by atoms with Crippen molar-refractivity contribution < 1.29 is 0 Å². The van der Waals surface area contributed by atoms with Crippen LogP contribution in [0.1, 0.15) is 65.1 Å². The SMILES string of the molecule is CCNC(CC)(CC)c1nc(C(C)(C)C)cs1. The third-order valence-corrected chi connectivity index (χ3v) is 4.45. The van der Waals surface area contributed by atoms with Gasteiger partial charge in [0.1, 0.15) is 5.01 Å². The van der Waals surface area contributed by atoms with Crippen LogP contribution in [0.25, 0.3) is 0 Å². The number of aromatic nitrogens is 1. The first-order valence-corrected chi connectivity index (χ1v) is 7.49. The fourth-order valence-electron chi connectivity index (χ4n) is 2.05. The molecule has 0 saturated heterocycles. The summed E-state index contributed by atoms with van der Waals surface area (Å²) in [6.45, 7) is 14.3. The molecule has 0 aliphatic heterocycles. The highest BCUT2D eigenvalue weighted by Crippen LogP contribution is 2.34. The molecular weight excluding hydrogens is 228 g/mol. The summed E-state index contributed by atoms with van der Waals surface area (Å²) in [7, 11) is 0. The van der Waals surface area contributed by atoms with Gasteiger partial charge in [-0.15, -0.1) is 11.3 Å². The minimum absolute atomic E-state index is 0.0723. The first-order chi connectivity index (χ1) is 7.89. The number of thiazole rings is 1. The van der Waals surface area contributed by atoms with Crippen LogP contribution in [0.5, 0.6) is 0 Å². The molecule has 0 spiro atoms. The van der Waals surface area contributed by atoms with Crippen LogP contribution in [0, 0.1) is 0 Å². The summed E-state index contributed by atoms with van der Waals surface area (Å²) in [6, 6.07) is 0. The molecule has 0 saturated carbocycles. The van der Waals surface area contributed by atoms with Crippen molar-refractivity contribution in [2.75, 3.05) is 6.54 Å². The Morgan fingerprint density at radius 2 is 1.76 bits per heavy atom. The van der Waals surface area contributed by atoms with E-state index in [1.807, 2.05) is 0 Å². The Labute approximate surface area is 110 Å². The van der Waals surface area contributed by atoms with E-state index in [4.69, 9.17) is 4.98 Å². The van der Waals surface area contributed by atoms with Crippen molar-refractivity contribution >= 4 is 11.3 Å². The molecule has 98 valence electrons. The van der Waals surface area contributed by atoms with E-state index >= 15 is 0 Å². The minimum Gasteiger partial charge on any atom is -0.306 e. The second-order valence-electron chi connectivity index (χ2n) is 5.61.